The van der Waals surface area contributed by atoms with Gasteiger partial charge in [0.05, 0.1) is 6.20 Å². The molecule has 0 amide bonds. The van der Waals surface area contributed by atoms with E-state index in [0.29, 0.717) is 0 Å². The topological polar surface area (TPSA) is 90.0 Å². The van der Waals surface area contributed by atoms with Gasteiger partial charge in [0, 0.05) is 13.1 Å². The highest BCUT2D eigenvalue weighted by Gasteiger charge is 2.21. The molecule has 1 aromatic rings. The first-order valence-electron chi connectivity index (χ1n) is 4.68. The fraction of sp³-hybridized carbons (Fsp3) is 0.625. The summed E-state index contributed by atoms with van der Waals surface area (Å²) in [4.78, 5) is 0.0327. The first-order valence-corrected chi connectivity index (χ1v) is 6.16. The second kappa shape index (κ2) is 4.19. The zero-order chi connectivity index (χ0) is 11.6. The summed E-state index contributed by atoms with van der Waals surface area (Å²) in [5.74, 6) is 0.144. The van der Waals surface area contributed by atoms with Gasteiger partial charge in [-0.1, -0.05) is 6.92 Å². The molecule has 0 aliphatic heterocycles. The highest BCUT2D eigenvalue weighted by atomic mass is 32.2. The number of nitrogen functional groups attached to an aromatic ring is 1. The van der Waals surface area contributed by atoms with Crippen molar-refractivity contribution in [3.8, 4) is 0 Å². The monoisotopic (exact) mass is 232 g/mol. The molecule has 0 bridgehead atoms. The molecule has 15 heavy (non-hydrogen) atoms. The minimum Gasteiger partial charge on any atom is -0.383 e. The molecule has 1 aromatic heterocycles. The van der Waals surface area contributed by atoms with Crippen LogP contribution in [0.1, 0.15) is 20.3 Å². The molecule has 86 valence electrons. The first kappa shape index (κ1) is 12.0. The van der Waals surface area contributed by atoms with E-state index in [1.54, 1.807) is 14.0 Å². The van der Waals surface area contributed by atoms with Crippen molar-refractivity contribution in [1.29, 1.82) is 0 Å². The van der Waals surface area contributed by atoms with E-state index < -0.39 is 10.0 Å². The number of nitrogens with one attached hydrogen (secondary N) is 1. The predicted octanol–water partition coefficient (Wildman–Crippen LogP) is 0.0791. The van der Waals surface area contributed by atoms with Gasteiger partial charge < -0.3 is 5.73 Å². The molecule has 3 N–H and O–H groups in total. The van der Waals surface area contributed by atoms with Gasteiger partial charge in [-0.05, 0) is 13.3 Å². The molecule has 0 saturated heterocycles. The van der Waals surface area contributed by atoms with E-state index in [0.717, 1.165) is 6.42 Å². The quantitative estimate of drug-likeness (QED) is 0.769. The van der Waals surface area contributed by atoms with Crippen LogP contribution in [0.15, 0.2) is 11.1 Å². The average molecular weight is 232 g/mol. The maximum Gasteiger partial charge on any atom is 0.246 e. The van der Waals surface area contributed by atoms with E-state index in [1.165, 1.54) is 10.9 Å². The van der Waals surface area contributed by atoms with Crippen molar-refractivity contribution in [3.05, 3.63) is 6.20 Å². The minimum atomic E-state index is -3.54. The lowest BCUT2D eigenvalue weighted by Gasteiger charge is -2.11. The predicted molar refractivity (Wildman–Crippen MR) is 57.7 cm³/mol. The van der Waals surface area contributed by atoms with Crippen molar-refractivity contribution in [1.82, 2.24) is 14.5 Å². The van der Waals surface area contributed by atoms with Crippen LogP contribution in [0.4, 0.5) is 5.82 Å². The highest BCUT2D eigenvalue weighted by molar-refractivity contribution is 7.89. The number of anilines is 1. The van der Waals surface area contributed by atoms with Crippen molar-refractivity contribution >= 4 is 15.8 Å². The molecule has 0 radical (unpaired) electrons. The Labute approximate surface area is 89.5 Å². The van der Waals surface area contributed by atoms with Crippen LogP contribution in [-0.2, 0) is 17.1 Å². The molecule has 0 aliphatic carbocycles. The van der Waals surface area contributed by atoms with Crippen molar-refractivity contribution in [2.24, 2.45) is 7.05 Å². The largest absolute Gasteiger partial charge is 0.383 e. The number of aromatic nitrogens is 2. The van der Waals surface area contributed by atoms with Gasteiger partial charge in [-0.3, -0.25) is 4.68 Å². The maximum atomic E-state index is 11.8. The smallest absolute Gasteiger partial charge is 0.246 e. The van der Waals surface area contributed by atoms with E-state index >= 15 is 0 Å². The van der Waals surface area contributed by atoms with Crippen LogP contribution >= 0.6 is 0 Å². The van der Waals surface area contributed by atoms with Crippen molar-refractivity contribution < 1.29 is 8.42 Å². The van der Waals surface area contributed by atoms with Crippen molar-refractivity contribution in [2.75, 3.05) is 5.73 Å². The minimum absolute atomic E-state index is 0.0327. The molecule has 1 unspecified atom stereocenters. The maximum absolute atomic E-state index is 11.8. The van der Waals surface area contributed by atoms with E-state index in [9.17, 15) is 8.42 Å². The Kier molecular flexibility index (Phi) is 3.35. The van der Waals surface area contributed by atoms with Gasteiger partial charge in [0.15, 0.2) is 0 Å². The van der Waals surface area contributed by atoms with Gasteiger partial charge in [0.2, 0.25) is 10.0 Å². The van der Waals surface area contributed by atoms with E-state index in [-0.39, 0.29) is 16.8 Å². The molecule has 0 fully saturated rings. The summed E-state index contributed by atoms with van der Waals surface area (Å²) >= 11 is 0. The number of sulfonamides is 1. The van der Waals surface area contributed by atoms with E-state index in [1.807, 2.05) is 6.92 Å². The molecule has 6 nitrogen and oxygen atoms in total. The van der Waals surface area contributed by atoms with Gasteiger partial charge in [-0.15, -0.1) is 0 Å². The number of aryl methyl sites for hydroxylation is 1. The summed E-state index contributed by atoms with van der Waals surface area (Å²) in [6.07, 6.45) is 1.97. The number of nitrogens with two attached hydrogens (primary N) is 1. The zero-order valence-corrected chi connectivity index (χ0v) is 9.87. The molecular formula is C8H16N4O2S. The lowest BCUT2D eigenvalue weighted by Crippen LogP contribution is -2.32. The third kappa shape index (κ3) is 2.48. The molecule has 0 saturated carbocycles. The Balaban J connectivity index is 3.02. The summed E-state index contributed by atoms with van der Waals surface area (Å²) < 4.78 is 27.4. The Morgan fingerprint density at radius 3 is 2.67 bits per heavy atom. The normalized spacial score (nSPS) is 14.1. The Hall–Kier alpha value is -1.08. The molecule has 0 spiro atoms. The van der Waals surface area contributed by atoms with Gasteiger partial charge in [0.25, 0.3) is 0 Å². The van der Waals surface area contributed by atoms with Crippen LogP contribution in [0.5, 0.6) is 0 Å². The summed E-state index contributed by atoms with van der Waals surface area (Å²) in [6.45, 7) is 3.70. The SMILES string of the molecule is CCC(C)NS(=O)(=O)c1cnn(C)c1N. The molecule has 7 heteroatoms. The van der Waals surface area contributed by atoms with Crippen LogP contribution in [0, 0.1) is 0 Å². The van der Waals surface area contributed by atoms with Gasteiger partial charge in [-0.25, -0.2) is 13.1 Å². The zero-order valence-electron chi connectivity index (χ0n) is 9.06. The lowest BCUT2D eigenvalue weighted by atomic mass is 10.3. The lowest BCUT2D eigenvalue weighted by molar-refractivity contribution is 0.556. The Morgan fingerprint density at radius 2 is 2.27 bits per heavy atom. The molecular weight excluding hydrogens is 216 g/mol. The summed E-state index contributed by atoms with van der Waals surface area (Å²) in [5.41, 5.74) is 5.59. The average Bonchev–Trinajstić information content (AvgIpc) is 2.47. The summed E-state index contributed by atoms with van der Waals surface area (Å²) in [6, 6.07) is -0.116. The van der Waals surface area contributed by atoms with Crippen LogP contribution in [-0.4, -0.2) is 24.2 Å². The highest BCUT2D eigenvalue weighted by Crippen LogP contribution is 2.16. The number of rotatable bonds is 4. The van der Waals surface area contributed by atoms with E-state index in [2.05, 4.69) is 9.82 Å². The number of hydrogen-bond donors (Lipinski definition) is 2. The molecule has 0 aromatic carbocycles. The Morgan fingerprint density at radius 1 is 1.67 bits per heavy atom. The third-order valence-electron chi connectivity index (χ3n) is 2.21. The molecule has 1 rings (SSSR count). The standard InChI is InChI=1S/C8H16N4O2S/c1-4-6(2)11-15(13,14)7-5-10-12(3)8(7)9/h5-6,11H,4,9H2,1-3H3. The van der Waals surface area contributed by atoms with Gasteiger partial charge in [-0.2, -0.15) is 5.10 Å². The fourth-order valence-corrected chi connectivity index (χ4v) is 2.46. The van der Waals surface area contributed by atoms with E-state index in [4.69, 9.17) is 5.73 Å². The van der Waals surface area contributed by atoms with Crippen LogP contribution < -0.4 is 10.5 Å². The first-order chi connectivity index (χ1) is 6.88. The molecule has 0 aliphatic rings. The second-order valence-corrected chi connectivity index (χ2v) is 5.13. The molecule has 1 atom stereocenters. The third-order valence-corrected chi connectivity index (χ3v) is 3.81. The van der Waals surface area contributed by atoms with Gasteiger partial charge >= 0.3 is 0 Å². The van der Waals surface area contributed by atoms with Crippen LogP contribution in [0.2, 0.25) is 0 Å². The summed E-state index contributed by atoms with van der Waals surface area (Å²) in [5, 5.41) is 3.79. The Bertz CT molecular complexity index is 437. The van der Waals surface area contributed by atoms with Crippen molar-refractivity contribution in [2.45, 2.75) is 31.2 Å². The van der Waals surface area contributed by atoms with Crippen LogP contribution in [0.3, 0.4) is 0 Å². The molecule has 1 heterocycles. The van der Waals surface area contributed by atoms with Gasteiger partial charge in [0.1, 0.15) is 10.7 Å². The fourth-order valence-electron chi connectivity index (χ4n) is 1.05. The number of hydrogen-bond acceptors (Lipinski definition) is 4. The second-order valence-electron chi connectivity index (χ2n) is 3.45. The van der Waals surface area contributed by atoms with Crippen LogP contribution in [0.25, 0.3) is 0 Å². The van der Waals surface area contributed by atoms with Crippen molar-refractivity contribution in [3.63, 3.8) is 0 Å². The number of nitrogens with zero attached hydrogens (tertiary/aromatic N) is 2. The summed E-state index contributed by atoms with van der Waals surface area (Å²) in [7, 11) is -1.94.